The largest absolute Gasteiger partial charge is 0.370 e. The van der Waals surface area contributed by atoms with Gasteiger partial charge in [-0.25, -0.2) is 0 Å². The van der Waals surface area contributed by atoms with Crippen LogP contribution >= 0.6 is 0 Å². The van der Waals surface area contributed by atoms with Crippen molar-refractivity contribution in [2.45, 2.75) is 47.0 Å². The molecular formula is C15H36N6. The molecule has 0 saturated carbocycles. The summed E-state index contributed by atoms with van der Waals surface area (Å²) in [4.78, 5) is 9.61. The third-order valence-corrected chi connectivity index (χ3v) is 2.60. The molecule has 126 valence electrons. The minimum atomic E-state index is -0.0612. The molecule has 0 aliphatic carbocycles. The summed E-state index contributed by atoms with van der Waals surface area (Å²) in [5.41, 5.74) is 15.6. The molecule has 0 spiro atoms. The van der Waals surface area contributed by atoms with Crippen molar-refractivity contribution in [3.8, 4) is 0 Å². The van der Waals surface area contributed by atoms with Gasteiger partial charge in [-0.3, -0.25) is 4.99 Å². The molecule has 0 rings (SSSR count). The normalized spacial score (nSPS) is 11.6. The van der Waals surface area contributed by atoms with Gasteiger partial charge in [0, 0.05) is 6.54 Å². The Labute approximate surface area is 130 Å². The lowest BCUT2D eigenvalue weighted by Crippen LogP contribution is -2.26. The Kier molecular flexibility index (Phi) is 14.3. The molecule has 6 heteroatoms. The van der Waals surface area contributed by atoms with Gasteiger partial charge < -0.3 is 22.1 Å². The fourth-order valence-electron chi connectivity index (χ4n) is 1.41. The van der Waals surface area contributed by atoms with Crippen LogP contribution in [0.4, 0.5) is 0 Å². The Hall–Kier alpha value is -1.30. The lowest BCUT2D eigenvalue weighted by molar-refractivity contribution is 0.403. The molecule has 0 atom stereocenters. The summed E-state index contributed by atoms with van der Waals surface area (Å²) >= 11 is 0. The summed E-state index contributed by atoms with van der Waals surface area (Å²) in [5.74, 6) is 1.85. The fourth-order valence-corrected chi connectivity index (χ4v) is 1.41. The van der Waals surface area contributed by atoms with E-state index >= 15 is 0 Å². The summed E-state index contributed by atoms with van der Waals surface area (Å²) in [7, 11) is 4.01. The number of hydrogen-bond acceptors (Lipinski definition) is 2. The van der Waals surface area contributed by atoms with Gasteiger partial charge in [0.2, 0.25) is 5.96 Å². The lowest BCUT2D eigenvalue weighted by Gasteiger charge is -2.06. The van der Waals surface area contributed by atoms with E-state index in [2.05, 4.69) is 42.6 Å². The van der Waals surface area contributed by atoms with Gasteiger partial charge in [-0.2, -0.15) is 4.99 Å². The molecule has 0 heterocycles. The molecule has 0 aliphatic rings. The number of rotatable bonds is 7. The van der Waals surface area contributed by atoms with E-state index in [4.69, 9.17) is 17.2 Å². The van der Waals surface area contributed by atoms with Gasteiger partial charge in [0.05, 0.1) is 0 Å². The molecule has 0 unspecified atom stereocenters. The van der Waals surface area contributed by atoms with Gasteiger partial charge in [-0.15, -0.1) is 0 Å². The van der Waals surface area contributed by atoms with Crippen molar-refractivity contribution in [1.29, 1.82) is 0 Å². The van der Waals surface area contributed by atoms with E-state index in [9.17, 15) is 0 Å². The van der Waals surface area contributed by atoms with Gasteiger partial charge in [0.1, 0.15) is 0 Å². The number of guanidine groups is 2. The average Bonchev–Trinajstić information content (AvgIpc) is 2.32. The first-order valence-electron chi connectivity index (χ1n) is 7.69. The van der Waals surface area contributed by atoms with Crippen LogP contribution in [-0.2, 0) is 0 Å². The number of aliphatic imine (C=N–C) groups is 2. The SMILES string of the molecule is CC(C)CCC(C)C.CN(C)CCCN=C(N)N=C(N)N. The van der Waals surface area contributed by atoms with Crippen molar-refractivity contribution < 1.29 is 0 Å². The zero-order valence-electron chi connectivity index (χ0n) is 14.8. The van der Waals surface area contributed by atoms with Crippen molar-refractivity contribution in [2.24, 2.45) is 39.0 Å². The van der Waals surface area contributed by atoms with Crippen molar-refractivity contribution in [2.75, 3.05) is 27.2 Å². The second-order valence-corrected chi connectivity index (χ2v) is 6.30. The van der Waals surface area contributed by atoms with Gasteiger partial charge in [-0.05, 0) is 38.9 Å². The third-order valence-electron chi connectivity index (χ3n) is 2.60. The van der Waals surface area contributed by atoms with Crippen LogP contribution in [0.25, 0.3) is 0 Å². The van der Waals surface area contributed by atoms with E-state index in [1.54, 1.807) is 0 Å². The highest BCUT2D eigenvalue weighted by Gasteiger charge is 1.95. The second kappa shape index (κ2) is 13.7. The monoisotopic (exact) mass is 300 g/mol. The maximum absolute atomic E-state index is 5.38. The molecule has 0 aliphatic heterocycles. The predicted molar refractivity (Wildman–Crippen MR) is 94.4 cm³/mol. The summed E-state index contributed by atoms with van der Waals surface area (Å²) in [5, 5.41) is 0. The van der Waals surface area contributed by atoms with Crippen LogP contribution in [-0.4, -0.2) is 44.0 Å². The van der Waals surface area contributed by atoms with E-state index in [0.29, 0.717) is 6.54 Å². The van der Waals surface area contributed by atoms with Crippen LogP contribution in [0, 0.1) is 11.8 Å². The van der Waals surface area contributed by atoms with Gasteiger partial charge >= 0.3 is 0 Å². The lowest BCUT2D eigenvalue weighted by atomic mass is 10.0. The quantitative estimate of drug-likeness (QED) is 0.377. The highest BCUT2D eigenvalue weighted by molar-refractivity contribution is 5.92. The second-order valence-electron chi connectivity index (χ2n) is 6.30. The molecule has 0 saturated heterocycles. The van der Waals surface area contributed by atoms with Crippen molar-refractivity contribution in [3.05, 3.63) is 0 Å². The first kappa shape index (κ1) is 22.0. The van der Waals surface area contributed by atoms with Crippen LogP contribution in [0.2, 0.25) is 0 Å². The Morgan fingerprint density at radius 2 is 1.43 bits per heavy atom. The molecule has 0 bridgehead atoms. The van der Waals surface area contributed by atoms with Gasteiger partial charge in [-0.1, -0.05) is 40.5 Å². The standard InChI is InChI=1S/C8H18.C7H18N6/c1-7(2)5-6-8(3)4;1-13(2)5-3-4-11-7(10)12-6(8)9/h7-8H,5-6H2,1-4H3;3-5H2,1-2H3,(H6,8,9,10,11,12). The Morgan fingerprint density at radius 3 is 1.76 bits per heavy atom. The molecule has 6 nitrogen and oxygen atoms in total. The molecule has 0 aromatic carbocycles. The highest BCUT2D eigenvalue weighted by atomic mass is 15.1. The number of nitrogens with zero attached hydrogens (tertiary/aromatic N) is 3. The van der Waals surface area contributed by atoms with E-state index in [1.165, 1.54) is 12.8 Å². The van der Waals surface area contributed by atoms with E-state index < -0.39 is 0 Å². The molecular weight excluding hydrogens is 264 g/mol. The molecule has 6 N–H and O–H groups in total. The predicted octanol–water partition coefficient (Wildman–Crippen LogP) is 1.60. The first-order valence-corrected chi connectivity index (χ1v) is 7.69. The summed E-state index contributed by atoms with van der Waals surface area (Å²) in [6.45, 7) is 10.7. The molecule has 0 amide bonds. The Morgan fingerprint density at radius 1 is 0.952 bits per heavy atom. The zero-order valence-corrected chi connectivity index (χ0v) is 14.8. The minimum Gasteiger partial charge on any atom is -0.370 e. The highest BCUT2D eigenvalue weighted by Crippen LogP contribution is 2.09. The number of hydrogen-bond donors (Lipinski definition) is 3. The van der Waals surface area contributed by atoms with E-state index in [1.807, 2.05) is 14.1 Å². The fraction of sp³-hybridized carbons (Fsp3) is 0.867. The van der Waals surface area contributed by atoms with Crippen molar-refractivity contribution >= 4 is 11.9 Å². The molecule has 21 heavy (non-hydrogen) atoms. The van der Waals surface area contributed by atoms with Gasteiger partial charge in [0.15, 0.2) is 5.96 Å². The van der Waals surface area contributed by atoms with E-state index in [-0.39, 0.29) is 11.9 Å². The zero-order chi connectivity index (χ0) is 16.8. The van der Waals surface area contributed by atoms with E-state index in [0.717, 1.165) is 24.8 Å². The van der Waals surface area contributed by atoms with Crippen LogP contribution < -0.4 is 17.2 Å². The Bertz CT molecular complexity index is 283. The summed E-state index contributed by atoms with van der Waals surface area (Å²) in [6, 6.07) is 0. The smallest absolute Gasteiger partial charge is 0.218 e. The first-order chi connectivity index (χ1) is 9.65. The van der Waals surface area contributed by atoms with Crippen LogP contribution in [0.15, 0.2) is 9.98 Å². The van der Waals surface area contributed by atoms with Crippen LogP contribution in [0.3, 0.4) is 0 Å². The van der Waals surface area contributed by atoms with Gasteiger partial charge in [0.25, 0.3) is 0 Å². The molecule has 0 fully saturated rings. The summed E-state index contributed by atoms with van der Waals surface area (Å²) in [6.07, 6.45) is 3.71. The topological polar surface area (TPSA) is 106 Å². The minimum absolute atomic E-state index is 0.0612. The average molecular weight is 300 g/mol. The number of nitrogens with two attached hydrogens (primary N) is 3. The maximum atomic E-state index is 5.38. The third kappa shape index (κ3) is 24.1. The van der Waals surface area contributed by atoms with Crippen molar-refractivity contribution in [1.82, 2.24) is 4.90 Å². The van der Waals surface area contributed by atoms with Crippen molar-refractivity contribution in [3.63, 3.8) is 0 Å². The summed E-state index contributed by atoms with van der Waals surface area (Å²) < 4.78 is 0. The Balaban J connectivity index is 0. The molecule has 0 aromatic rings. The van der Waals surface area contributed by atoms with Crippen LogP contribution in [0.1, 0.15) is 47.0 Å². The van der Waals surface area contributed by atoms with Crippen LogP contribution in [0.5, 0.6) is 0 Å². The molecule has 0 radical (unpaired) electrons. The maximum Gasteiger partial charge on any atom is 0.218 e. The molecule has 0 aromatic heterocycles.